The molecule has 366 valence electrons. The second-order valence-electron chi connectivity index (χ2n) is 22.0. The van der Waals surface area contributed by atoms with Gasteiger partial charge in [0.1, 0.15) is 23.7 Å². The Morgan fingerprint density at radius 2 is 1.65 bits per heavy atom. The smallest absolute Gasteiger partial charge is 0.318 e. The van der Waals surface area contributed by atoms with Crippen LogP contribution in [0, 0.1) is 29.0 Å². The van der Waals surface area contributed by atoms with Gasteiger partial charge in [-0.05, 0) is 113 Å². The molecule has 5 fully saturated rings. The summed E-state index contributed by atoms with van der Waals surface area (Å²) < 4.78 is 14.6. The molecule has 10 rings (SSSR count). The minimum Gasteiger partial charge on any atom is -0.507 e. The van der Waals surface area contributed by atoms with Crippen LogP contribution in [0.3, 0.4) is 0 Å². The molecule has 4 saturated heterocycles. The number of urea groups is 1. The molecule has 0 bridgehead atoms. The zero-order chi connectivity index (χ0) is 48.4. The third-order valence-corrected chi connectivity index (χ3v) is 16.5. The van der Waals surface area contributed by atoms with E-state index >= 15 is 0 Å². The molecule has 7 heterocycles. The van der Waals surface area contributed by atoms with Crippen molar-refractivity contribution < 1.29 is 29.0 Å². The number of likely N-dealkylation sites (tertiary alicyclic amines) is 4. The van der Waals surface area contributed by atoms with E-state index in [2.05, 4.69) is 59.4 Å². The maximum absolute atomic E-state index is 14.6. The number of hydrogen-bond acceptors (Lipinski definition) is 10. The lowest BCUT2D eigenvalue weighted by atomic mass is 9.60. The minimum absolute atomic E-state index is 0.0387. The van der Waals surface area contributed by atoms with Crippen molar-refractivity contribution >= 4 is 28.9 Å². The van der Waals surface area contributed by atoms with Gasteiger partial charge in [0.2, 0.25) is 11.8 Å². The van der Waals surface area contributed by atoms with Crippen molar-refractivity contribution in [3.8, 4) is 29.4 Å². The number of hydrogen-bond donors (Lipinski definition) is 5. The summed E-state index contributed by atoms with van der Waals surface area (Å²) in [6.45, 7) is 14.6. The van der Waals surface area contributed by atoms with E-state index in [-0.39, 0.29) is 48.3 Å². The SMILES string of the molecule is C#Cc1ccc(CNC(=O)[C@@H]2C[C@@H](O)CN2C(=O)[C@@H](NC(=O)N2CC3(CC(N4CCC(N5CCC(N6CCc7[nH]c8nnc(-c9ccccc9O)cc8c7[C@H]6C)CC5)CC4)C3)C2)C(C)(C)C)c(F)c1. The van der Waals surface area contributed by atoms with Gasteiger partial charge in [0, 0.05) is 103 Å². The number of piperidine rings is 2. The number of aliphatic hydroxyl groups is 1. The molecule has 4 atom stereocenters. The van der Waals surface area contributed by atoms with Gasteiger partial charge < -0.3 is 45.4 Å². The molecule has 1 saturated carbocycles. The van der Waals surface area contributed by atoms with E-state index in [1.807, 2.05) is 39.0 Å². The Morgan fingerprint density at radius 3 is 2.33 bits per heavy atom. The van der Waals surface area contributed by atoms with E-state index in [1.54, 1.807) is 17.0 Å². The summed E-state index contributed by atoms with van der Waals surface area (Å²) >= 11 is 0. The predicted octanol–water partition coefficient (Wildman–Crippen LogP) is 5.17. The molecular weight excluding hydrogens is 876 g/mol. The van der Waals surface area contributed by atoms with Crippen LogP contribution in [0.25, 0.3) is 22.3 Å². The fourth-order valence-electron chi connectivity index (χ4n) is 12.6. The zero-order valence-corrected chi connectivity index (χ0v) is 40.4. The number of β-amino-alcohol motifs (C(OH)–C–C–N with tert-alkyl or cyclic N) is 1. The third kappa shape index (κ3) is 9.19. The first-order valence-electron chi connectivity index (χ1n) is 25.0. The molecule has 69 heavy (non-hydrogen) atoms. The monoisotopic (exact) mass is 943 g/mol. The lowest BCUT2D eigenvalue weighted by molar-refractivity contribution is -0.142. The number of fused-ring (bicyclic) bond motifs is 3. The second-order valence-corrected chi connectivity index (χ2v) is 22.0. The highest BCUT2D eigenvalue weighted by atomic mass is 19.1. The van der Waals surface area contributed by atoms with E-state index in [1.165, 1.54) is 41.1 Å². The average Bonchev–Trinajstić information content (AvgIpc) is 3.90. The van der Waals surface area contributed by atoms with Crippen molar-refractivity contribution in [3.63, 3.8) is 0 Å². The highest BCUT2D eigenvalue weighted by Gasteiger charge is 2.56. The lowest BCUT2D eigenvalue weighted by Crippen LogP contribution is -2.70. The second kappa shape index (κ2) is 18.6. The Kier molecular flexibility index (Phi) is 12.7. The number of aromatic hydroxyl groups is 1. The van der Waals surface area contributed by atoms with Gasteiger partial charge in [-0.25, -0.2) is 9.18 Å². The van der Waals surface area contributed by atoms with E-state index < -0.39 is 41.2 Å². The summed E-state index contributed by atoms with van der Waals surface area (Å²) in [6.07, 6.45) is 12.3. The van der Waals surface area contributed by atoms with Crippen molar-refractivity contribution in [1.29, 1.82) is 0 Å². The number of benzene rings is 2. The van der Waals surface area contributed by atoms with Crippen LogP contribution in [0.4, 0.5) is 9.18 Å². The maximum atomic E-state index is 14.6. The Labute approximate surface area is 404 Å². The van der Waals surface area contributed by atoms with Gasteiger partial charge in [-0.1, -0.05) is 44.9 Å². The fourth-order valence-corrected chi connectivity index (χ4v) is 12.6. The van der Waals surface area contributed by atoms with Crippen molar-refractivity contribution in [2.24, 2.45) is 10.8 Å². The fraction of sp³-hybridized carbons (Fsp3) is 0.566. The molecule has 5 aliphatic heterocycles. The minimum atomic E-state index is -0.964. The standard InChI is InChI=1S/C53H67FN10O5/c1-6-33-11-12-34(41(54)23-33)28-55-49(67)44-24-38(65)29-64(44)50(68)47(52(3,4)5)57-51(69)62-30-53(31-62)26-37(27-53)61-18-13-35(14-19-61)60-20-15-36(16-21-60)63-22-17-42-46(32(63)2)40-25-43(58-59-48(40)56-42)39-9-7-8-10-45(39)66/h1,7-12,23,25,32,35-38,44,47,65-66H,13-22,24,26-31H2,2-5H3,(H,55,67)(H,56,59)(H,57,69)/t32-,38-,44+,47-/m1/s1. The zero-order valence-electron chi connectivity index (χ0n) is 40.4. The summed E-state index contributed by atoms with van der Waals surface area (Å²) in [5.74, 6) is 1.13. The molecule has 4 amide bonds. The topological polar surface area (TPSA) is 173 Å². The molecule has 2 aromatic carbocycles. The third-order valence-electron chi connectivity index (χ3n) is 16.5. The largest absolute Gasteiger partial charge is 0.507 e. The summed E-state index contributed by atoms with van der Waals surface area (Å²) in [6, 6.07) is 13.5. The summed E-state index contributed by atoms with van der Waals surface area (Å²) in [4.78, 5) is 56.1. The molecular formula is C53H67FN10O5. The highest BCUT2D eigenvalue weighted by molar-refractivity contribution is 5.93. The van der Waals surface area contributed by atoms with Crippen LogP contribution in [0.1, 0.15) is 101 Å². The average molecular weight is 943 g/mol. The van der Waals surface area contributed by atoms with E-state index in [4.69, 9.17) is 6.42 Å². The number of phenolic OH excluding ortho intramolecular Hbond substituents is 1. The molecule has 16 heteroatoms. The number of para-hydroxylation sites is 1. The summed E-state index contributed by atoms with van der Waals surface area (Å²) in [5, 5.41) is 36.9. The van der Waals surface area contributed by atoms with Crippen molar-refractivity contribution in [3.05, 3.63) is 76.7 Å². The molecule has 0 radical (unpaired) electrons. The number of carbonyl (C=O) groups is 3. The summed E-state index contributed by atoms with van der Waals surface area (Å²) in [5.41, 5.74) is 4.84. The number of amides is 4. The van der Waals surface area contributed by atoms with Gasteiger partial charge in [-0.3, -0.25) is 14.5 Å². The number of halogens is 1. The van der Waals surface area contributed by atoms with Crippen molar-refractivity contribution in [1.82, 2.24) is 50.3 Å². The lowest BCUT2D eigenvalue weighted by Gasteiger charge is -2.61. The van der Waals surface area contributed by atoms with Crippen LogP contribution in [-0.2, 0) is 22.6 Å². The Morgan fingerprint density at radius 1 is 0.957 bits per heavy atom. The number of phenols is 1. The van der Waals surface area contributed by atoms with Crippen molar-refractivity contribution in [2.45, 2.75) is 128 Å². The maximum Gasteiger partial charge on any atom is 0.318 e. The number of H-pyrrole nitrogens is 1. The molecule has 2 aromatic heterocycles. The summed E-state index contributed by atoms with van der Waals surface area (Å²) in [7, 11) is 0. The number of nitrogens with one attached hydrogen (secondary N) is 3. The Hall–Kier alpha value is -5.60. The first kappa shape index (κ1) is 47.1. The van der Waals surface area contributed by atoms with Crippen LogP contribution in [0.5, 0.6) is 5.75 Å². The molecule has 1 spiro atoms. The number of aromatic nitrogens is 3. The van der Waals surface area contributed by atoms with Gasteiger partial charge in [-0.15, -0.1) is 16.6 Å². The molecule has 6 aliphatic rings. The quantitative estimate of drug-likeness (QED) is 0.141. The van der Waals surface area contributed by atoms with Crippen molar-refractivity contribution in [2.75, 3.05) is 52.4 Å². The first-order valence-corrected chi connectivity index (χ1v) is 25.0. The van der Waals surface area contributed by atoms with Crippen LogP contribution in [0.15, 0.2) is 48.5 Å². The molecule has 4 aromatic rings. The number of terminal acetylenes is 1. The number of aromatic amines is 1. The van der Waals surface area contributed by atoms with Crippen LogP contribution in [0.2, 0.25) is 0 Å². The Balaban J connectivity index is 0.668. The number of aliphatic hydroxyl groups excluding tert-OH is 1. The van der Waals surface area contributed by atoms with Crippen LogP contribution < -0.4 is 10.6 Å². The van der Waals surface area contributed by atoms with Gasteiger partial charge in [0.25, 0.3) is 0 Å². The number of carbonyl (C=O) groups excluding carboxylic acids is 3. The van der Waals surface area contributed by atoms with E-state index in [9.17, 15) is 29.0 Å². The van der Waals surface area contributed by atoms with Gasteiger partial charge in [-0.2, -0.15) is 0 Å². The van der Waals surface area contributed by atoms with Gasteiger partial charge >= 0.3 is 6.03 Å². The number of nitrogens with zero attached hydrogens (tertiary/aromatic N) is 7. The van der Waals surface area contributed by atoms with E-state index in [0.717, 1.165) is 75.9 Å². The van der Waals surface area contributed by atoms with Gasteiger partial charge in [0.05, 0.1) is 11.8 Å². The molecule has 0 unspecified atom stereocenters. The predicted molar refractivity (Wildman–Crippen MR) is 260 cm³/mol. The molecule has 1 aliphatic carbocycles. The normalized spacial score (nSPS) is 24.4. The van der Waals surface area contributed by atoms with E-state index in [0.29, 0.717) is 48.0 Å². The first-order chi connectivity index (χ1) is 33.1. The highest BCUT2D eigenvalue weighted by Crippen LogP contribution is 2.51. The van der Waals surface area contributed by atoms with Gasteiger partial charge in [0.15, 0.2) is 5.65 Å². The number of rotatable bonds is 9. The van der Waals surface area contributed by atoms with Crippen LogP contribution in [-0.4, -0.2) is 156 Å². The molecule has 15 nitrogen and oxygen atoms in total. The Bertz CT molecular complexity index is 2630. The molecule has 5 N–H and O–H groups in total. The van der Waals surface area contributed by atoms with Crippen LogP contribution >= 0.6 is 0 Å².